The quantitative estimate of drug-likeness (QED) is 0.857. The average molecular weight is 247 g/mol. The van der Waals surface area contributed by atoms with Crippen LogP contribution in [-0.4, -0.2) is 20.7 Å². The van der Waals surface area contributed by atoms with Crippen LogP contribution < -0.4 is 0 Å². The molecule has 18 heavy (non-hydrogen) atoms. The molecule has 4 heteroatoms. The van der Waals surface area contributed by atoms with Gasteiger partial charge in [-0.3, -0.25) is 0 Å². The van der Waals surface area contributed by atoms with Crippen molar-refractivity contribution in [1.82, 2.24) is 4.57 Å². The fourth-order valence-corrected chi connectivity index (χ4v) is 2.68. The summed E-state index contributed by atoms with van der Waals surface area (Å²) < 4.78 is 1.99. The molecule has 1 aromatic heterocycles. The number of aromatic nitrogens is 1. The van der Waals surface area contributed by atoms with Gasteiger partial charge in [0.15, 0.2) is 0 Å². The van der Waals surface area contributed by atoms with Crippen LogP contribution in [-0.2, 0) is 6.54 Å². The van der Waals surface area contributed by atoms with E-state index in [2.05, 4.69) is 0 Å². The molecule has 0 saturated heterocycles. The van der Waals surface area contributed by atoms with Crippen LogP contribution in [0.5, 0.6) is 5.75 Å². The monoisotopic (exact) mass is 247 g/mol. The number of aromatic carboxylic acids is 1. The van der Waals surface area contributed by atoms with Gasteiger partial charge in [0.25, 0.3) is 0 Å². The summed E-state index contributed by atoms with van der Waals surface area (Å²) in [6.45, 7) is 8.14. The molecule has 0 aliphatic rings. The van der Waals surface area contributed by atoms with E-state index in [1.807, 2.05) is 25.3 Å². The zero-order chi connectivity index (χ0) is 13.6. The highest BCUT2D eigenvalue weighted by atomic mass is 16.4. The molecular weight excluding hydrogens is 230 g/mol. The molecule has 1 heterocycles. The van der Waals surface area contributed by atoms with E-state index in [0.717, 1.165) is 16.8 Å². The molecule has 2 aromatic rings. The zero-order valence-electron chi connectivity index (χ0n) is 11.0. The summed E-state index contributed by atoms with van der Waals surface area (Å²) in [6, 6.07) is 1.69. The van der Waals surface area contributed by atoms with Crippen molar-refractivity contribution in [2.24, 2.45) is 0 Å². The lowest BCUT2D eigenvalue weighted by Gasteiger charge is -2.08. The topological polar surface area (TPSA) is 62.5 Å². The maximum absolute atomic E-state index is 11.4. The smallest absolute Gasteiger partial charge is 0.338 e. The van der Waals surface area contributed by atoms with Crippen molar-refractivity contribution in [2.45, 2.75) is 34.2 Å². The minimum atomic E-state index is -0.946. The number of aromatic hydroxyl groups is 1. The van der Waals surface area contributed by atoms with Gasteiger partial charge in [0, 0.05) is 23.2 Å². The molecule has 2 rings (SSSR count). The van der Waals surface area contributed by atoms with E-state index in [9.17, 15) is 15.0 Å². The lowest BCUT2D eigenvalue weighted by molar-refractivity contribution is 0.0698. The highest BCUT2D eigenvalue weighted by Crippen LogP contribution is 2.35. The Morgan fingerprint density at radius 1 is 1.33 bits per heavy atom. The van der Waals surface area contributed by atoms with E-state index >= 15 is 0 Å². The minimum absolute atomic E-state index is 0.149. The number of hydrogen-bond acceptors (Lipinski definition) is 2. The third-order valence-corrected chi connectivity index (χ3v) is 3.54. The Kier molecular flexibility index (Phi) is 2.81. The highest BCUT2D eigenvalue weighted by Gasteiger charge is 2.22. The molecule has 0 amide bonds. The number of fused-ring (bicyclic) bond motifs is 1. The average Bonchev–Trinajstić information content (AvgIpc) is 2.59. The molecular formula is C14H17NO3. The summed E-state index contributed by atoms with van der Waals surface area (Å²) in [5.41, 5.74) is 3.46. The summed E-state index contributed by atoms with van der Waals surface area (Å²) in [7, 11) is 0. The first kappa shape index (κ1) is 12.5. The van der Waals surface area contributed by atoms with E-state index in [1.165, 1.54) is 0 Å². The molecule has 0 atom stereocenters. The molecule has 0 bridgehead atoms. The van der Waals surface area contributed by atoms with Crippen LogP contribution >= 0.6 is 0 Å². The van der Waals surface area contributed by atoms with Crippen LogP contribution in [0, 0.1) is 20.8 Å². The van der Waals surface area contributed by atoms with Gasteiger partial charge in [-0.25, -0.2) is 4.79 Å². The normalized spacial score (nSPS) is 11.1. The van der Waals surface area contributed by atoms with Gasteiger partial charge in [-0.05, 0) is 39.3 Å². The number of carbonyl (C=O) groups is 1. The molecule has 0 radical (unpaired) electrons. The Balaban J connectivity index is 3.10. The summed E-state index contributed by atoms with van der Waals surface area (Å²) in [5.74, 6) is -0.798. The Labute approximate surface area is 105 Å². The van der Waals surface area contributed by atoms with Gasteiger partial charge in [0.05, 0.1) is 11.1 Å². The molecule has 0 unspecified atom stereocenters. The standard InChI is InChI=1S/C14H17NO3/c1-5-15-9(4)12(14(17)18)11-8(3)10(16)6-7(2)13(11)15/h6,16H,5H2,1-4H3,(H,17,18). The Bertz CT molecular complexity index is 653. The molecule has 1 aromatic carbocycles. The van der Waals surface area contributed by atoms with Crippen molar-refractivity contribution in [3.8, 4) is 5.75 Å². The lowest BCUT2D eigenvalue weighted by atomic mass is 10.0. The number of hydrogen-bond donors (Lipinski definition) is 2. The molecule has 0 aliphatic heterocycles. The van der Waals surface area contributed by atoms with Crippen molar-refractivity contribution in [3.05, 3.63) is 28.5 Å². The van der Waals surface area contributed by atoms with Crippen molar-refractivity contribution in [3.63, 3.8) is 0 Å². The van der Waals surface area contributed by atoms with Crippen molar-refractivity contribution in [2.75, 3.05) is 0 Å². The second kappa shape index (κ2) is 4.05. The Morgan fingerprint density at radius 3 is 2.44 bits per heavy atom. The van der Waals surface area contributed by atoms with Crippen LogP contribution in [0.4, 0.5) is 0 Å². The summed E-state index contributed by atoms with van der Waals surface area (Å²) in [5, 5.41) is 19.9. The van der Waals surface area contributed by atoms with Crippen molar-refractivity contribution < 1.29 is 15.0 Å². The van der Waals surface area contributed by atoms with Gasteiger partial charge in [-0.2, -0.15) is 0 Å². The predicted molar refractivity (Wildman–Crippen MR) is 70.4 cm³/mol. The van der Waals surface area contributed by atoms with Gasteiger partial charge in [-0.1, -0.05) is 0 Å². The number of phenols is 1. The number of carboxylic acid groups (broad SMARTS) is 1. The summed E-state index contributed by atoms with van der Waals surface area (Å²) in [6.07, 6.45) is 0. The second-order valence-corrected chi connectivity index (χ2v) is 4.57. The molecule has 0 spiro atoms. The van der Waals surface area contributed by atoms with Crippen LogP contribution in [0.3, 0.4) is 0 Å². The Morgan fingerprint density at radius 2 is 1.94 bits per heavy atom. The highest BCUT2D eigenvalue weighted by molar-refractivity contribution is 6.08. The third-order valence-electron chi connectivity index (χ3n) is 3.54. The van der Waals surface area contributed by atoms with Gasteiger partial charge in [0.2, 0.25) is 0 Å². The molecule has 0 fully saturated rings. The van der Waals surface area contributed by atoms with E-state index < -0.39 is 5.97 Å². The second-order valence-electron chi connectivity index (χ2n) is 4.57. The molecule has 96 valence electrons. The number of carboxylic acids is 1. The summed E-state index contributed by atoms with van der Waals surface area (Å²) >= 11 is 0. The minimum Gasteiger partial charge on any atom is -0.508 e. The first-order valence-electron chi connectivity index (χ1n) is 5.95. The molecule has 0 saturated carbocycles. The molecule has 2 N–H and O–H groups in total. The van der Waals surface area contributed by atoms with Gasteiger partial charge in [0.1, 0.15) is 5.75 Å². The van der Waals surface area contributed by atoms with Crippen LogP contribution in [0.2, 0.25) is 0 Å². The maximum Gasteiger partial charge on any atom is 0.338 e. The van der Waals surface area contributed by atoms with Crippen LogP contribution in [0.25, 0.3) is 10.9 Å². The van der Waals surface area contributed by atoms with Gasteiger partial charge in [-0.15, -0.1) is 0 Å². The fraction of sp³-hybridized carbons (Fsp3) is 0.357. The first-order valence-corrected chi connectivity index (χ1v) is 5.95. The predicted octanol–water partition coefficient (Wildman–Crippen LogP) is 2.99. The first-order chi connectivity index (χ1) is 8.40. The van der Waals surface area contributed by atoms with E-state index in [4.69, 9.17) is 0 Å². The van der Waals surface area contributed by atoms with E-state index in [1.54, 1.807) is 13.0 Å². The van der Waals surface area contributed by atoms with Crippen molar-refractivity contribution in [1.29, 1.82) is 0 Å². The van der Waals surface area contributed by atoms with Crippen molar-refractivity contribution >= 4 is 16.9 Å². The number of phenolic OH excluding ortho intramolecular Hbond substituents is 1. The third kappa shape index (κ3) is 1.49. The summed E-state index contributed by atoms with van der Waals surface area (Å²) in [4.78, 5) is 11.4. The van der Waals surface area contributed by atoms with E-state index in [0.29, 0.717) is 23.1 Å². The Hall–Kier alpha value is -1.97. The van der Waals surface area contributed by atoms with E-state index in [-0.39, 0.29) is 5.75 Å². The van der Waals surface area contributed by atoms with Crippen LogP contribution in [0.1, 0.15) is 34.1 Å². The lowest BCUT2D eigenvalue weighted by Crippen LogP contribution is -2.01. The van der Waals surface area contributed by atoms with Gasteiger partial charge < -0.3 is 14.8 Å². The molecule has 0 aliphatic carbocycles. The number of rotatable bonds is 2. The fourth-order valence-electron chi connectivity index (χ4n) is 2.68. The number of benzene rings is 1. The number of aryl methyl sites for hydroxylation is 3. The SMILES string of the molecule is CCn1c(C)c(C(=O)O)c2c(C)c(O)cc(C)c21. The largest absolute Gasteiger partial charge is 0.508 e. The van der Waals surface area contributed by atoms with Crippen LogP contribution in [0.15, 0.2) is 6.07 Å². The van der Waals surface area contributed by atoms with Gasteiger partial charge >= 0.3 is 5.97 Å². The zero-order valence-corrected chi connectivity index (χ0v) is 11.0. The number of nitrogens with zero attached hydrogens (tertiary/aromatic N) is 1. The molecule has 4 nitrogen and oxygen atoms in total. The maximum atomic E-state index is 11.4.